The maximum absolute atomic E-state index is 13.6. The Bertz CT molecular complexity index is 1350. The van der Waals surface area contributed by atoms with Crippen LogP contribution in [0.2, 0.25) is 0 Å². The highest BCUT2D eigenvalue weighted by molar-refractivity contribution is 6.20. The maximum atomic E-state index is 13.6. The minimum atomic E-state index is -0.813. The largest absolute Gasteiger partial charge is 0.503 e. The van der Waals surface area contributed by atoms with Gasteiger partial charge in [0.25, 0.3) is 5.91 Å². The van der Waals surface area contributed by atoms with E-state index in [4.69, 9.17) is 4.42 Å². The number of hydrogen-bond donors (Lipinski definition) is 1. The third kappa shape index (κ3) is 3.17. The van der Waals surface area contributed by atoms with Crippen LogP contribution in [0.25, 0.3) is 11.0 Å². The number of benzene rings is 2. The van der Waals surface area contributed by atoms with Gasteiger partial charge in [0, 0.05) is 23.5 Å². The maximum Gasteiger partial charge on any atom is 0.294 e. The second kappa shape index (κ2) is 7.50. The summed E-state index contributed by atoms with van der Waals surface area (Å²) in [5.41, 5.74) is 3.76. The molecule has 0 aliphatic carbocycles. The van der Waals surface area contributed by atoms with Crippen LogP contribution in [0.15, 0.2) is 88.8 Å². The Hall–Kier alpha value is -4.19. The summed E-state index contributed by atoms with van der Waals surface area (Å²) >= 11 is 0. The molecule has 1 aliphatic rings. The van der Waals surface area contributed by atoms with Crippen LogP contribution in [0.3, 0.4) is 0 Å². The van der Waals surface area contributed by atoms with Crippen LogP contribution in [0.1, 0.15) is 33.3 Å². The zero-order valence-electron chi connectivity index (χ0n) is 17.6. The second-order valence-electron chi connectivity index (χ2n) is 7.94. The quantitative estimate of drug-likeness (QED) is 0.454. The normalized spacial score (nSPS) is 16.2. The number of furan rings is 1. The summed E-state index contributed by atoms with van der Waals surface area (Å²) in [6, 6.07) is 17.3. The average molecular weight is 424 g/mol. The van der Waals surface area contributed by atoms with Crippen LogP contribution in [-0.4, -0.2) is 21.8 Å². The Morgan fingerprint density at radius 2 is 1.69 bits per heavy atom. The van der Waals surface area contributed by atoms with Gasteiger partial charge in [-0.2, -0.15) is 0 Å². The van der Waals surface area contributed by atoms with E-state index in [1.807, 2.05) is 50.2 Å². The molecule has 158 valence electrons. The molecule has 6 heteroatoms. The summed E-state index contributed by atoms with van der Waals surface area (Å²) in [5, 5.41) is 11.6. The van der Waals surface area contributed by atoms with E-state index >= 15 is 0 Å². The molecule has 1 amide bonds. The van der Waals surface area contributed by atoms with Gasteiger partial charge in [-0.3, -0.25) is 19.5 Å². The number of ketones is 1. The standard InChI is InChI=1S/C26H20N2O4/c1-15-11-16(2)13-19(12-15)28-23(17-7-9-27-10-8-17)22(25(30)26(28)31)24(29)21-14-18-5-3-4-6-20(18)32-21/h3-14,23,30H,1-2H3. The van der Waals surface area contributed by atoms with Crippen molar-refractivity contribution in [1.29, 1.82) is 0 Å². The Labute approximate surface area is 184 Å². The number of aryl methyl sites for hydroxylation is 2. The number of Topliss-reactive ketones (excluding diaryl/α,β-unsaturated/α-hetero) is 1. The Kier molecular flexibility index (Phi) is 4.63. The summed E-state index contributed by atoms with van der Waals surface area (Å²) in [6.45, 7) is 3.87. The molecular formula is C26H20N2O4. The molecule has 0 spiro atoms. The van der Waals surface area contributed by atoms with Crippen LogP contribution in [0.4, 0.5) is 5.69 Å². The van der Waals surface area contributed by atoms with E-state index in [1.165, 1.54) is 4.90 Å². The van der Waals surface area contributed by atoms with Crippen LogP contribution >= 0.6 is 0 Å². The molecule has 2 aromatic carbocycles. The molecule has 0 saturated carbocycles. The minimum Gasteiger partial charge on any atom is -0.503 e. The van der Waals surface area contributed by atoms with Gasteiger partial charge in [0.2, 0.25) is 5.78 Å². The summed E-state index contributed by atoms with van der Waals surface area (Å²) in [4.78, 5) is 32.3. The lowest BCUT2D eigenvalue weighted by molar-refractivity contribution is -0.117. The molecule has 1 aliphatic heterocycles. The number of nitrogens with zero attached hydrogens (tertiary/aromatic N) is 2. The number of para-hydroxylation sites is 1. The number of aliphatic hydroxyl groups is 1. The van der Waals surface area contributed by atoms with E-state index in [0.717, 1.165) is 16.5 Å². The van der Waals surface area contributed by atoms with Gasteiger partial charge >= 0.3 is 0 Å². The average Bonchev–Trinajstić information content (AvgIpc) is 3.33. The first-order valence-corrected chi connectivity index (χ1v) is 10.2. The van der Waals surface area contributed by atoms with Gasteiger partial charge in [-0.15, -0.1) is 0 Å². The smallest absolute Gasteiger partial charge is 0.294 e. The first-order valence-electron chi connectivity index (χ1n) is 10.2. The molecule has 1 atom stereocenters. The van der Waals surface area contributed by atoms with E-state index in [1.54, 1.807) is 36.7 Å². The number of anilines is 1. The highest BCUT2D eigenvalue weighted by atomic mass is 16.3. The molecule has 0 fully saturated rings. The van der Waals surface area contributed by atoms with Crippen LogP contribution < -0.4 is 4.90 Å². The summed E-state index contributed by atoms with van der Waals surface area (Å²) in [5.74, 6) is -1.66. The van der Waals surface area contributed by atoms with Crippen molar-refractivity contribution in [3.05, 3.63) is 107 Å². The molecule has 3 heterocycles. The molecule has 0 radical (unpaired) electrons. The predicted octanol–water partition coefficient (Wildman–Crippen LogP) is 5.23. The Balaban J connectivity index is 1.67. The zero-order chi connectivity index (χ0) is 22.4. The monoisotopic (exact) mass is 424 g/mol. The van der Waals surface area contributed by atoms with Gasteiger partial charge < -0.3 is 9.52 Å². The summed E-state index contributed by atoms with van der Waals surface area (Å²) in [6.07, 6.45) is 3.19. The van der Waals surface area contributed by atoms with Gasteiger partial charge in [0.05, 0.1) is 11.6 Å². The van der Waals surface area contributed by atoms with Gasteiger partial charge in [-0.25, -0.2) is 0 Å². The third-order valence-corrected chi connectivity index (χ3v) is 5.61. The zero-order valence-corrected chi connectivity index (χ0v) is 17.6. The molecule has 5 rings (SSSR count). The molecule has 32 heavy (non-hydrogen) atoms. The molecule has 6 nitrogen and oxygen atoms in total. The van der Waals surface area contributed by atoms with Crippen molar-refractivity contribution < 1.29 is 19.1 Å². The predicted molar refractivity (Wildman–Crippen MR) is 121 cm³/mol. The fourth-order valence-electron chi connectivity index (χ4n) is 4.28. The van der Waals surface area contributed by atoms with Crippen molar-refractivity contribution in [3.8, 4) is 0 Å². The van der Waals surface area contributed by atoms with Crippen LogP contribution in [-0.2, 0) is 4.79 Å². The number of carbonyl (C=O) groups excluding carboxylic acids is 2. The highest BCUT2D eigenvalue weighted by Crippen LogP contribution is 2.42. The molecule has 0 bridgehead atoms. The van der Waals surface area contributed by atoms with Crippen molar-refractivity contribution in [1.82, 2.24) is 4.98 Å². The lowest BCUT2D eigenvalue weighted by Crippen LogP contribution is -2.31. The summed E-state index contributed by atoms with van der Waals surface area (Å²) < 4.78 is 5.75. The van der Waals surface area contributed by atoms with Crippen molar-refractivity contribution in [2.75, 3.05) is 4.90 Å². The van der Waals surface area contributed by atoms with Gasteiger partial charge in [-0.05, 0) is 66.9 Å². The van der Waals surface area contributed by atoms with Crippen molar-refractivity contribution in [2.24, 2.45) is 0 Å². The van der Waals surface area contributed by atoms with Gasteiger partial charge in [0.15, 0.2) is 11.5 Å². The number of hydrogen-bond acceptors (Lipinski definition) is 5. The van der Waals surface area contributed by atoms with E-state index < -0.39 is 23.5 Å². The van der Waals surface area contributed by atoms with E-state index in [2.05, 4.69) is 4.98 Å². The van der Waals surface area contributed by atoms with E-state index in [0.29, 0.717) is 16.8 Å². The third-order valence-electron chi connectivity index (χ3n) is 5.61. The molecule has 2 aromatic heterocycles. The molecule has 4 aromatic rings. The lowest BCUT2D eigenvalue weighted by atomic mass is 9.95. The number of amides is 1. The van der Waals surface area contributed by atoms with Crippen molar-refractivity contribution in [3.63, 3.8) is 0 Å². The molecule has 1 N–H and O–H groups in total. The highest BCUT2D eigenvalue weighted by Gasteiger charge is 2.45. The topological polar surface area (TPSA) is 83.6 Å². The first kappa shape index (κ1) is 19.8. The van der Waals surface area contributed by atoms with Crippen molar-refractivity contribution >= 4 is 28.3 Å². The fourth-order valence-corrected chi connectivity index (χ4v) is 4.28. The number of carbonyl (C=O) groups is 2. The number of aliphatic hydroxyl groups excluding tert-OH is 1. The van der Waals surface area contributed by atoms with Crippen LogP contribution in [0, 0.1) is 13.8 Å². The van der Waals surface area contributed by atoms with Gasteiger partial charge in [0.1, 0.15) is 5.58 Å². The number of aromatic nitrogens is 1. The second-order valence-corrected chi connectivity index (χ2v) is 7.94. The lowest BCUT2D eigenvalue weighted by Gasteiger charge is -2.27. The fraction of sp³-hybridized carbons (Fsp3) is 0.115. The first-order chi connectivity index (χ1) is 15.4. The minimum absolute atomic E-state index is 0.0144. The number of fused-ring (bicyclic) bond motifs is 1. The summed E-state index contributed by atoms with van der Waals surface area (Å²) in [7, 11) is 0. The Morgan fingerprint density at radius 3 is 2.38 bits per heavy atom. The van der Waals surface area contributed by atoms with E-state index in [-0.39, 0.29) is 11.3 Å². The SMILES string of the molecule is Cc1cc(C)cc(N2C(=O)C(O)=C(C(=O)c3cc4ccccc4o3)C2c2ccncc2)c1. The molecule has 1 unspecified atom stereocenters. The van der Waals surface area contributed by atoms with Crippen molar-refractivity contribution in [2.45, 2.75) is 19.9 Å². The molecule has 0 saturated heterocycles. The Morgan fingerprint density at radius 1 is 1.00 bits per heavy atom. The van der Waals surface area contributed by atoms with Gasteiger partial charge in [-0.1, -0.05) is 24.3 Å². The van der Waals surface area contributed by atoms with Crippen LogP contribution in [0.5, 0.6) is 0 Å². The number of rotatable bonds is 4. The van der Waals surface area contributed by atoms with E-state index in [9.17, 15) is 14.7 Å². The molecular weight excluding hydrogens is 404 g/mol. The number of pyridine rings is 1.